The number of aromatic nitrogens is 4. The number of nitrogens with one attached hydrogen (secondary N) is 1. The molecule has 21 heavy (non-hydrogen) atoms. The number of halogens is 1. The van der Waals surface area contributed by atoms with Gasteiger partial charge in [0, 0.05) is 13.2 Å². The minimum atomic E-state index is -0.415. The third kappa shape index (κ3) is 3.19. The molecular formula is C13H19ClN4O3. The number of aromatic amines is 1. The summed E-state index contributed by atoms with van der Waals surface area (Å²) in [5, 5.41) is 0.106. The van der Waals surface area contributed by atoms with Crippen LogP contribution in [0.3, 0.4) is 0 Å². The maximum absolute atomic E-state index is 12.5. The van der Waals surface area contributed by atoms with Gasteiger partial charge in [0.05, 0.1) is 13.2 Å². The van der Waals surface area contributed by atoms with Crippen LogP contribution < -0.4 is 11.2 Å². The lowest BCUT2D eigenvalue weighted by atomic mass is 10.3. The monoisotopic (exact) mass is 314 g/mol. The number of unbranched alkanes of at least 4 members (excludes halogenated alkanes) is 1. The van der Waals surface area contributed by atoms with Gasteiger partial charge in [-0.15, -0.1) is 0 Å². The second-order valence-electron chi connectivity index (χ2n) is 4.67. The molecule has 2 rings (SSSR count). The van der Waals surface area contributed by atoms with Crippen molar-refractivity contribution in [3.8, 4) is 0 Å². The Morgan fingerprint density at radius 3 is 2.67 bits per heavy atom. The number of hydrogen-bond donors (Lipinski definition) is 1. The van der Waals surface area contributed by atoms with Crippen LogP contribution in [0.5, 0.6) is 0 Å². The highest BCUT2D eigenvalue weighted by molar-refractivity contribution is 6.28. The van der Waals surface area contributed by atoms with Crippen molar-refractivity contribution >= 4 is 22.8 Å². The third-order valence-electron chi connectivity index (χ3n) is 3.23. The molecular weight excluding hydrogens is 296 g/mol. The second-order valence-corrected chi connectivity index (χ2v) is 5.03. The van der Waals surface area contributed by atoms with E-state index in [0.717, 1.165) is 12.8 Å². The summed E-state index contributed by atoms with van der Waals surface area (Å²) in [5.74, 6) is 0. The van der Waals surface area contributed by atoms with Crippen molar-refractivity contribution in [2.24, 2.45) is 0 Å². The molecule has 1 N–H and O–H groups in total. The lowest BCUT2D eigenvalue weighted by molar-refractivity contribution is 0.137. The van der Waals surface area contributed by atoms with E-state index in [4.69, 9.17) is 16.3 Å². The molecule has 8 heteroatoms. The summed E-state index contributed by atoms with van der Waals surface area (Å²) in [6.45, 7) is 5.46. The van der Waals surface area contributed by atoms with Gasteiger partial charge in [0.15, 0.2) is 11.2 Å². The molecule has 2 heterocycles. The summed E-state index contributed by atoms with van der Waals surface area (Å²) >= 11 is 5.84. The van der Waals surface area contributed by atoms with Gasteiger partial charge in [-0.05, 0) is 24.9 Å². The Bertz CT molecular complexity index is 731. The zero-order valence-corrected chi connectivity index (χ0v) is 12.9. The van der Waals surface area contributed by atoms with Crippen molar-refractivity contribution in [2.45, 2.75) is 39.8 Å². The largest absolute Gasteiger partial charge is 0.380 e. The smallest absolute Gasteiger partial charge is 0.332 e. The van der Waals surface area contributed by atoms with Crippen LogP contribution in [-0.2, 0) is 17.8 Å². The Kier molecular flexibility index (Phi) is 5.19. The first kappa shape index (κ1) is 15.8. The van der Waals surface area contributed by atoms with Crippen molar-refractivity contribution in [2.75, 3.05) is 13.2 Å². The van der Waals surface area contributed by atoms with Crippen molar-refractivity contribution < 1.29 is 4.74 Å². The number of fused-ring (bicyclic) bond motifs is 1. The average Bonchev–Trinajstić information content (AvgIpc) is 2.84. The van der Waals surface area contributed by atoms with Gasteiger partial charge in [0.25, 0.3) is 5.56 Å². The molecule has 0 bridgehead atoms. The number of nitrogens with zero attached hydrogens (tertiary/aromatic N) is 3. The number of ether oxygens (including phenoxy) is 1. The van der Waals surface area contributed by atoms with Gasteiger partial charge in [-0.25, -0.2) is 4.79 Å². The fraction of sp³-hybridized carbons (Fsp3) is 0.615. The number of H-pyrrole nitrogens is 1. The zero-order chi connectivity index (χ0) is 15.4. The zero-order valence-electron chi connectivity index (χ0n) is 12.2. The third-order valence-corrected chi connectivity index (χ3v) is 3.41. The summed E-state index contributed by atoms with van der Waals surface area (Å²) in [6.07, 6.45) is 1.76. The number of aryl methyl sites for hydroxylation is 1. The molecule has 2 aromatic rings. The molecule has 0 radical (unpaired) electrons. The van der Waals surface area contributed by atoms with Gasteiger partial charge in [-0.1, -0.05) is 13.3 Å². The molecule has 0 unspecified atom stereocenters. The fourth-order valence-corrected chi connectivity index (χ4v) is 2.33. The van der Waals surface area contributed by atoms with E-state index in [1.165, 1.54) is 9.13 Å². The van der Waals surface area contributed by atoms with Gasteiger partial charge < -0.3 is 9.72 Å². The average molecular weight is 315 g/mol. The molecule has 2 aromatic heterocycles. The summed E-state index contributed by atoms with van der Waals surface area (Å²) in [6, 6.07) is 0. The maximum atomic E-state index is 12.5. The SMILES string of the molecule is CCCCn1c(=O)n(CCOCC)c(=O)c2[nH]c(Cl)nc21. The standard InChI is InChI=1S/C13H19ClN4O3/c1-3-5-6-17-10-9(15-12(14)16-10)11(19)18(13(17)20)7-8-21-4-2/h3-8H2,1-2H3,(H,15,16). The Balaban J connectivity index is 2.57. The summed E-state index contributed by atoms with van der Waals surface area (Å²) in [4.78, 5) is 31.6. The Morgan fingerprint density at radius 1 is 1.24 bits per heavy atom. The molecule has 0 aliphatic heterocycles. The maximum Gasteiger partial charge on any atom is 0.332 e. The first-order valence-electron chi connectivity index (χ1n) is 7.06. The van der Waals surface area contributed by atoms with Crippen LogP contribution in [0.25, 0.3) is 11.2 Å². The van der Waals surface area contributed by atoms with Crippen LogP contribution in [0.2, 0.25) is 5.28 Å². The van der Waals surface area contributed by atoms with Crippen molar-refractivity contribution in [1.29, 1.82) is 0 Å². The van der Waals surface area contributed by atoms with Gasteiger partial charge in [0.2, 0.25) is 5.28 Å². The summed E-state index contributed by atoms with van der Waals surface area (Å²) < 4.78 is 7.89. The molecule has 0 aliphatic carbocycles. The summed E-state index contributed by atoms with van der Waals surface area (Å²) in [5.41, 5.74) is -0.214. The minimum absolute atomic E-state index is 0.106. The molecule has 7 nitrogen and oxygen atoms in total. The van der Waals surface area contributed by atoms with Gasteiger partial charge in [0.1, 0.15) is 0 Å². The fourth-order valence-electron chi connectivity index (χ4n) is 2.15. The van der Waals surface area contributed by atoms with Crippen LogP contribution in [0.4, 0.5) is 0 Å². The minimum Gasteiger partial charge on any atom is -0.380 e. The normalized spacial score (nSPS) is 11.4. The van der Waals surface area contributed by atoms with E-state index in [-0.39, 0.29) is 23.0 Å². The molecule has 116 valence electrons. The molecule has 0 amide bonds. The van der Waals surface area contributed by atoms with Crippen molar-refractivity contribution in [3.63, 3.8) is 0 Å². The molecule has 0 aromatic carbocycles. The van der Waals surface area contributed by atoms with Crippen LogP contribution in [-0.4, -0.2) is 32.3 Å². The molecule has 0 fully saturated rings. The molecule has 0 saturated carbocycles. The van der Waals surface area contributed by atoms with Crippen LogP contribution in [0, 0.1) is 0 Å². The Morgan fingerprint density at radius 2 is 2.00 bits per heavy atom. The summed E-state index contributed by atoms with van der Waals surface area (Å²) in [7, 11) is 0. The predicted molar refractivity (Wildman–Crippen MR) is 81.0 cm³/mol. The topological polar surface area (TPSA) is 81.9 Å². The highest BCUT2D eigenvalue weighted by Crippen LogP contribution is 2.10. The molecule has 0 spiro atoms. The van der Waals surface area contributed by atoms with E-state index in [0.29, 0.717) is 25.4 Å². The first-order chi connectivity index (χ1) is 10.1. The van der Waals surface area contributed by atoms with Crippen molar-refractivity contribution in [1.82, 2.24) is 19.1 Å². The van der Waals surface area contributed by atoms with Crippen LogP contribution in [0.1, 0.15) is 26.7 Å². The highest BCUT2D eigenvalue weighted by atomic mass is 35.5. The lowest BCUT2D eigenvalue weighted by Crippen LogP contribution is -2.41. The number of rotatable bonds is 7. The van der Waals surface area contributed by atoms with Crippen LogP contribution >= 0.6 is 11.6 Å². The van der Waals surface area contributed by atoms with E-state index in [1.807, 2.05) is 13.8 Å². The van der Waals surface area contributed by atoms with E-state index in [1.54, 1.807) is 0 Å². The lowest BCUT2D eigenvalue weighted by Gasteiger charge is -2.10. The first-order valence-corrected chi connectivity index (χ1v) is 7.44. The highest BCUT2D eigenvalue weighted by Gasteiger charge is 2.16. The molecule has 0 aliphatic rings. The van der Waals surface area contributed by atoms with Crippen molar-refractivity contribution in [3.05, 3.63) is 26.1 Å². The van der Waals surface area contributed by atoms with Crippen LogP contribution in [0.15, 0.2) is 9.59 Å². The van der Waals surface area contributed by atoms with E-state index < -0.39 is 5.56 Å². The van der Waals surface area contributed by atoms with Gasteiger partial charge in [-0.2, -0.15) is 4.98 Å². The second kappa shape index (κ2) is 6.91. The predicted octanol–water partition coefficient (Wildman–Crippen LogP) is 1.38. The van der Waals surface area contributed by atoms with Gasteiger partial charge >= 0.3 is 5.69 Å². The number of hydrogen-bond acceptors (Lipinski definition) is 4. The Hall–Kier alpha value is -1.60. The van der Waals surface area contributed by atoms with E-state index >= 15 is 0 Å². The number of imidazole rings is 1. The molecule has 0 saturated heterocycles. The quantitative estimate of drug-likeness (QED) is 0.618. The van der Waals surface area contributed by atoms with E-state index in [9.17, 15) is 9.59 Å². The van der Waals surface area contributed by atoms with Gasteiger partial charge in [-0.3, -0.25) is 13.9 Å². The molecule has 0 atom stereocenters. The Labute approximate surface area is 126 Å². The van der Waals surface area contributed by atoms with E-state index in [2.05, 4.69) is 9.97 Å².